The van der Waals surface area contributed by atoms with Crippen LogP contribution in [0.4, 0.5) is 0 Å². The van der Waals surface area contributed by atoms with Crippen molar-refractivity contribution in [2.24, 2.45) is 0 Å². The summed E-state index contributed by atoms with van der Waals surface area (Å²) in [5.74, 6) is 0. The van der Waals surface area contributed by atoms with Gasteiger partial charge in [0.15, 0.2) is 6.23 Å². The normalized spacial score (nSPS) is 22.8. The Bertz CT molecular complexity index is 713. The van der Waals surface area contributed by atoms with Gasteiger partial charge in [-0.1, -0.05) is 17.7 Å². The SMILES string of the molecule is Clc1cc2cnn(C3CCCCO3)c2cc1C1=CCCCC1. The van der Waals surface area contributed by atoms with Crippen LogP contribution in [0.1, 0.15) is 56.7 Å². The second-order valence-electron chi connectivity index (χ2n) is 6.28. The lowest BCUT2D eigenvalue weighted by Crippen LogP contribution is -2.19. The molecule has 1 atom stereocenters. The molecule has 1 unspecified atom stereocenters. The summed E-state index contributed by atoms with van der Waals surface area (Å²) in [6.07, 6.45) is 12.5. The van der Waals surface area contributed by atoms with Crippen molar-refractivity contribution in [1.29, 1.82) is 0 Å². The van der Waals surface area contributed by atoms with E-state index < -0.39 is 0 Å². The third kappa shape index (κ3) is 2.57. The van der Waals surface area contributed by atoms with Crippen molar-refractivity contribution in [3.05, 3.63) is 35.0 Å². The van der Waals surface area contributed by atoms with E-state index in [-0.39, 0.29) is 6.23 Å². The summed E-state index contributed by atoms with van der Waals surface area (Å²) < 4.78 is 7.94. The number of halogens is 1. The summed E-state index contributed by atoms with van der Waals surface area (Å²) in [6, 6.07) is 4.26. The molecular formula is C18H21ClN2O. The number of benzene rings is 1. The molecule has 0 N–H and O–H groups in total. The molecule has 3 nitrogen and oxygen atoms in total. The van der Waals surface area contributed by atoms with Crippen molar-refractivity contribution >= 4 is 28.1 Å². The van der Waals surface area contributed by atoms with Crippen LogP contribution in [0.5, 0.6) is 0 Å². The fraction of sp³-hybridized carbons (Fsp3) is 0.500. The van der Waals surface area contributed by atoms with Gasteiger partial charge in [-0.15, -0.1) is 0 Å². The number of ether oxygens (including phenoxy) is 1. The first-order valence-electron chi connectivity index (χ1n) is 8.31. The molecule has 0 bridgehead atoms. The third-order valence-corrected chi connectivity index (χ3v) is 5.06. The fourth-order valence-corrected chi connectivity index (χ4v) is 3.83. The standard InChI is InChI=1S/C18H21ClN2O/c19-16-10-14-12-20-21(18-8-4-5-9-22-18)17(14)11-15(16)13-6-2-1-3-7-13/h6,10-12,18H,1-5,7-9H2. The third-order valence-electron chi connectivity index (χ3n) is 4.75. The van der Waals surface area contributed by atoms with E-state index in [1.165, 1.54) is 30.4 Å². The van der Waals surface area contributed by atoms with Crippen LogP contribution in [-0.4, -0.2) is 16.4 Å². The van der Waals surface area contributed by atoms with E-state index in [4.69, 9.17) is 16.3 Å². The van der Waals surface area contributed by atoms with E-state index in [0.29, 0.717) is 0 Å². The highest BCUT2D eigenvalue weighted by atomic mass is 35.5. The second kappa shape index (κ2) is 6.05. The lowest BCUT2D eigenvalue weighted by molar-refractivity contribution is -0.0366. The summed E-state index contributed by atoms with van der Waals surface area (Å²) in [5, 5.41) is 6.49. The van der Waals surface area contributed by atoms with Crippen molar-refractivity contribution < 1.29 is 4.74 Å². The predicted molar refractivity (Wildman–Crippen MR) is 90.0 cm³/mol. The molecular weight excluding hydrogens is 296 g/mol. The number of fused-ring (bicyclic) bond motifs is 1. The van der Waals surface area contributed by atoms with E-state index in [2.05, 4.69) is 17.2 Å². The Balaban J connectivity index is 1.78. The Morgan fingerprint density at radius 2 is 2.14 bits per heavy atom. The minimum atomic E-state index is 0.0700. The molecule has 4 rings (SSSR count). The minimum absolute atomic E-state index is 0.0700. The summed E-state index contributed by atoms with van der Waals surface area (Å²) in [4.78, 5) is 0. The first kappa shape index (κ1) is 14.3. The molecule has 1 aliphatic heterocycles. The van der Waals surface area contributed by atoms with Crippen molar-refractivity contribution in [3.8, 4) is 0 Å². The molecule has 1 aliphatic carbocycles. The van der Waals surface area contributed by atoms with Crippen LogP contribution in [0.25, 0.3) is 16.5 Å². The number of aromatic nitrogens is 2. The minimum Gasteiger partial charge on any atom is -0.356 e. The zero-order chi connectivity index (χ0) is 14.9. The summed E-state index contributed by atoms with van der Waals surface area (Å²) >= 11 is 6.52. The summed E-state index contributed by atoms with van der Waals surface area (Å²) in [7, 11) is 0. The molecule has 0 spiro atoms. The van der Waals surface area contributed by atoms with E-state index >= 15 is 0 Å². The lowest BCUT2D eigenvalue weighted by Gasteiger charge is -2.23. The lowest BCUT2D eigenvalue weighted by atomic mass is 9.93. The van der Waals surface area contributed by atoms with Crippen molar-refractivity contribution in [1.82, 2.24) is 9.78 Å². The fourth-order valence-electron chi connectivity index (χ4n) is 3.54. The van der Waals surface area contributed by atoms with E-state index in [1.54, 1.807) is 0 Å². The van der Waals surface area contributed by atoms with Gasteiger partial charge in [-0.05, 0) is 68.2 Å². The second-order valence-corrected chi connectivity index (χ2v) is 6.68. The van der Waals surface area contributed by atoms with Crippen molar-refractivity contribution in [2.75, 3.05) is 6.61 Å². The summed E-state index contributed by atoms with van der Waals surface area (Å²) in [5.41, 5.74) is 3.69. The average molecular weight is 317 g/mol. The van der Waals surface area contributed by atoms with E-state index in [9.17, 15) is 0 Å². The zero-order valence-corrected chi connectivity index (χ0v) is 13.5. The van der Waals surface area contributed by atoms with Gasteiger partial charge in [-0.3, -0.25) is 0 Å². The molecule has 1 aromatic heterocycles. The van der Waals surface area contributed by atoms with Crippen LogP contribution in [0.3, 0.4) is 0 Å². The maximum Gasteiger partial charge on any atom is 0.150 e. The average Bonchev–Trinajstić information content (AvgIpc) is 2.98. The Morgan fingerprint density at radius 1 is 1.18 bits per heavy atom. The van der Waals surface area contributed by atoms with Gasteiger partial charge in [0.25, 0.3) is 0 Å². The first-order chi connectivity index (χ1) is 10.8. The quantitative estimate of drug-likeness (QED) is 0.747. The molecule has 116 valence electrons. The molecule has 1 saturated heterocycles. The molecule has 0 amide bonds. The molecule has 22 heavy (non-hydrogen) atoms. The Morgan fingerprint density at radius 3 is 2.91 bits per heavy atom. The van der Waals surface area contributed by atoms with Crippen LogP contribution >= 0.6 is 11.6 Å². The van der Waals surface area contributed by atoms with Gasteiger partial charge in [-0.2, -0.15) is 5.10 Å². The molecule has 2 heterocycles. The predicted octanol–water partition coefficient (Wildman–Crippen LogP) is 5.35. The molecule has 1 aromatic carbocycles. The van der Waals surface area contributed by atoms with Gasteiger partial charge in [0, 0.05) is 17.0 Å². The number of nitrogens with zero attached hydrogens (tertiary/aromatic N) is 2. The van der Waals surface area contributed by atoms with Gasteiger partial charge in [0.05, 0.1) is 11.7 Å². The highest BCUT2D eigenvalue weighted by Gasteiger charge is 2.20. The summed E-state index contributed by atoms with van der Waals surface area (Å²) in [6.45, 7) is 0.831. The highest BCUT2D eigenvalue weighted by molar-refractivity contribution is 6.33. The van der Waals surface area contributed by atoms with Gasteiger partial charge in [0.2, 0.25) is 0 Å². The molecule has 4 heteroatoms. The number of hydrogen-bond donors (Lipinski definition) is 0. The monoisotopic (exact) mass is 316 g/mol. The topological polar surface area (TPSA) is 27.1 Å². The zero-order valence-electron chi connectivity index (χ0n) is 12.7. The van der Waals surface area contributed by atoms with Crippen molar-refractivity contribution in [2.45, 2.75) is 51.2 Å². The smallest absolute Gasteiger partial charge is 0.150 e. The van der Waals surface area contributed by atoms with Gasteiger partial charge in [-0.25, -0.2) is 4.68 Å². The number of hydrogen-bond acceptors (Lipinski definition) is 2. The van der Waals surface area contributed by atoms with Crippen LogP contribution in [0.2, 0.25) is 5.02 Å². The number of rotatable bonds is 2. The van der Waals surface area contributed by atoms with Crippen LogP contribution < -0.4 is 0 Å². The Kier molecular flexibility index (Phi) is 3.93. The largest absolute Gasteiger partial charge is 0.356 e. The highest BCUT2D eigenvalue weighted by Crippen LogP contribution is 2.35. The van der Waals surface area contributed by atoms with Gasteiger partial charge < -0.3 is 4.74 Å². The molecule has 2 aliphatic rings. The molecule has 2 aromatic rings. The Labute approximate surface area is 135 Å². The molecule has 1 fully saturated rings. The Hall–Kier alpha value is -1.32. The van der Waals surface area contributed by atoms with Gasteiger partial charge in [0.1, 0.15) is 0 Å². The van der Waals surface area contributed by atoms with Crippen LogP contribution in [0.15, 0.2) is 24.4 Å². The molecule has 0 saturated carbocycles. The maximum absolute atomic E-state index is 6.52. The van der Waals surface area contributed by atoms with Crippen LogP contribution in [-0.2, 0) is 4.74 Å². The van der Waals surface area contributed by atoms with E-state index in [0.717, 1.165) is 48.2 Å². The van der Waals surface area contributed by atoms with Crippen LogP contribution in [0, 0.1) is 0 Å². The number of allylic oxidation sites excluding steroid dienone is 2. The first-order valence-corrected chi connectivity index (χ1v) is 8.68. The van der Waals surface area contributed by atoms with Gasteiger partial charge >= 0.3 is 0 Å². The van der Waals surface area contributed by atoms with E-state index in [1.807, 2.05) is 16.9 Å². The molecule has 0 radical (unpaired) electrons. The maximum atomic E-state index is 6.52. The van der Waals surface area contributed by atoms with Crippen molar-refractivity contribution in [3.63, 3.8) is 0 Å².